The number of carbonyl (C=O) groups excluding carboxylic acids is 1. The lowest BCUT2D eigenvalue weighted by Crippen LogP contribution is -2.44. The molecule has 1 aliphatic heterocycles. The van der Waals surface area contributed by atoms with Gasteiger partial charge in [-0.15, -0.1) is 0 Å². The fourth-order valence-electron chi connectivity index (χ4n) is 3.72. The molecule has 0 aliphatic carbocycles. The van der Waals surface area contributed by atoms with Crippen LogP contribution >= 0.6 is 0 Å². The quantitative estimate of drug-likeness (QED) is 0.803. The van der Waals surface area contributed by atoms with E-state index in [9.17, 15) is 4.79 Å². The summed E-state index contributed by atoms with van der Waals surface area (Å²) < 4.78 is 15.0. The maximum Gasteiger partial charge on any atom is 0.221 e. The summed E-state index contributed by atoms with van der Waals surface area (Å²) in [5.41, 5.74) is 9.44. The number of H-pyrrole nitrogens is 1. The molecule has 4 N–H and O–H groups in total. The van der Waals surface area contributed by atoms with Gasteiger partial charge in [-0.2, -0.15) is 0 Å². The predicted octanol–water partition coefficient (Wildman–Crippen LogP) is 2.14. The van der Waals surface area contributed by atoms with Gasteiger partial charge in [-0.05, 0) is 50.9 Å². The third kappa shape index (κ3) is 2.86. The van der Waals surface area contributed by atoms with Crippen LogP contribution in [0.3, 0.4) is 0 Å². The molecule has 1 saturated heterocycles. The van der Waals surface area contributed by atoms with Crippen LogP contribution in [0.15, 0.2) is 6.07 Å². The second kappa shape index (κ2) is 6.43. The highest BCUT2D eigenvalue weighted by Crippen LogP contribution is 2.37. The Morgan fingerprint density at radius 2 is 2.25 bits per heavy atom. The Labute approximate surface area is 141 Å². The SMILES string of the molecule is CN[C@H]1CCCN(c2c(F)cc(CC(N)=O)c3[nH]c(C)c(C)c23)C1. The van der Waals surface area contributed by atoms with Crippen LogP contribution in [0.1, 0.15) is 29.7 Å². The molecule has 130 valence electrons. The molecule has 5 nitrogen and oxygen atoms in total. The van der Waals surface area contributed by atoms with Gasteiger partial charge in [0.15, 0.2) is 0 Å². The van der Waals surface area contributed by atoms with Crippen LogP contribution in [0.25, 0.3) is 10.9 Å². The number of aryl methyl sites for hydroxylation is 2. The number of amides is 1. The van der Waals surface area contributed by atoms with E-state index in [2.05, 4.69) is 15.2 Å². The number of benzene rings is 1. The average molecular weight is 332 g/mol. The number of nitrogens with one attached hydrogen (secondary N) is 2. The van der Waals surface area contributed by atoms with Crippen molar-refractivity contribution in [1.29, 1.82) is 0 Å². The molecule has 1 amide bonds. The number of aromatic nitrogens is 1. The fraction of sp³-hybridized carbons (Fsp3) is 0.500. The zero-order valence-corrected chi connectivity index (χ0v) is 14.5. The number of anilines is 1. The highest BCUT2D eigenvalue weighted by atomic mass is 19.1. The van der Waals surface area contributed by atoms with E-state index in [0.717, 1.165) is 48.1 Å². The molecule has 2 heterocycles. The molecule has 3 rings (SSSR count). The molecule has 1 aromatic carbocycles. The van der Waals surface area contributed by atoms with E-state index in [1.807, 2.05) is 20.9 Å². The number of hydrogen-bond acceptors (Lipinski definition) is 3. The summed E-state index contributed by atoms with van der Waals surface area (Å²) in [5, 5.41) is 4.17. The zero-order valence-electron chi connectivity index (χ0n) is 14.5. The number of fused-ring (bicyclic) bond motifs is 1. The molecule has 1 aromatic heterocycles. The van der Waals surface area contributed by atoms with E-state index in [4.69, 9.17) is 5.73 Å². The Morgan fingerprint density at radius 3 is 2.92 bits per heavy atom. The Hall–Kier alpha value is -2.08. The number of carbonyl (C=O) groups is 1. The topological polar surface area (TPSA) is 74.2 Å². The van der Waals surface area contributed by atoms with Crippen LogP contribution in [-0.4, -0.2) is 37.1 Å². The Balaban J connectivity index is 2.17. The van der Waals surface area contributed by atoms with Crippen LogP contribution in [0.5, 0.6) is 0 Å². The molecular formula is C18H25FN4O. The summed E-state index contributed by atoms with van der Waals surface area (Å²) >= 11 is 0. The van der Waals surface area contributed by atoms with Gasteiger partial charge in [0.2, 0.25) is 5.91 Å². The summed E-state index contributed by atoms with van der Waals surface area (Å²) in [5.74, 6) is -0.737. The first kappa shape index (κ1) is 16.8. The highest BCUT2D eigenvalue weighted by Gasteiger charge is 2.26. The van der Waals surface area contributed by atoms with Crippen LogP contribution in [-0.2, 0) is 11.2 Å². The van der Waals surface area contributed by atoms with Crippen LogP contribution in [0.4, 0.5) is 10.1 Å². The first-order valence-electron chi connectivity index (χ1n) is 8.43. The summed E-state index contributed by atoms with van der Waals surface area (Å²) in [6, 6.07) is 1.82. The van der Waals surface area contributed by atoms with E-state index < -0.39 is 5.91 Å². The molecule has 1 aliphatic rings. The summed E-state index contributed by atoms with van der Waals surface area (Å²) in [6.07, 6.45) is 2.16. The number of piperidine rings is 1. The molecule has 0 spiro atoms. The monoisotopic (exact) mass is 332 g/mol. The minimum absolute atomic E-state index is 0.0340. The predicted molar refractivity (Wildman–Crippen MR) is 94.9 cm³/mol. The van der Waals surface area contributed by atoms with Crippen molar-refractivity contribution < 1.29 is 9.18 Å². The number of primary amides is 1. The number of rotatable bonds is 4. The lowest BCUT2D eigenvalue weighted by molar-refractivity contribution is -0.117. The molecule has 0 unspecified atom stereocenters. The van der Waals surface area contributed by atoms with Gasteiger partial charge in [-0.25, -0.2) is 4.39 Å². The molecule has 6 heteroatoms. The zero-order chi connectivity index (χ0) is 17.4. The first-order valence-corrected chi connectivity index (χ1v) is 8.43. The summed E-state index contributed by atoms with van der Waals surface area (Å²) in [7, 11) is 1.95. The average Bonchev–Trinajstić information content (AvgIpc) is 2.83. The van der Waals surface area contributed by atoms with E-state index >= 15 is 4.39 Å². The van der Waals surface area contributed by atoms with Gasteiger partial charge in [-0.3, -0.25) is 4.79 Å². The van der Waals surface area contributed by atoms with Crippen molar-refractivity contribution in [3.8, 4) is 0 Å². The standard InChI is InChI=1S/C18H25FN4O/c1-10-11(2)22-17-12(8-15(20)24)7-14(19)18(16(10)17)23-6-4-5-13(9-23)21-3/h7,13,21-22H,4-6,8-9H2,1-3H3,(H2,20,24)/t13-/m0/s1. The van der Waals surface area contributed by atoms with Gasteiger partial charge in [0, 0.05) is 30.2 Å². The number of nitrogens with two attached hydrogens (primary N) is 1. The minimum Gasteiger partial charge on any atom is -0.369 e. The van der Waals surface area contributed by atoms with Gasteiger partial charge in [-0.1, -0.05) is 0 Å². The normalized spacial score (nSPS) is 18.3. The van der Waals surface area contributed by atoms with Crippen molar-refractivity contribution in [2.45, 2.75) is 39.2 Å². The number of hydrogen-bond donors (Lipinski definition) is 3. The molecule has 0 saturated carbocycles. The van der Waals surface area contributed by atoms with Crippen molar-refractivity contribution >= 4 is 22.5 Å². The summed E-state index contributed by atoms with van der Waals surface area (Å²) in [6.45, 7) is 5.58. The van der Waals surface area contributed by atoms with Crippen molar-refractivity contribution in [2.24, 2.45) is 5.73 Å². The number of likely N-dealkylation sites (N-methyl/N-ethyl adjacent to an activating group) is 1. The third-order valence-electron chi connectivity index (χ3n) is 5.10. The van der Waals surface area contributed by atoms with Crippen molar-refractivity contribution in [1.82, 2.24) is 10.3 Å². The lowest BCUT2D eigenvalue weighted by Gasteiger charge is -2.35. The minimum atomic E-state index is -0.457. The van der Waals surface area contributed by atoms with E-state index in [0.29, 0.717) is 17.3 Å². The fourth-order valence-corrected chi connectivity index (χ4v) is 3.72. The Morgan fingerprint density at radius 1 is 1.50 bits per heavy atom. The van der Waals surface area contributed by atoms with Gasteiger partial charge < -0.3 is 20.9 Å². The Bertz CT molecular complexity index is 783. The van der Waals surface area contributed by atoms with Gasteiger partial charge in [0.25, 0.3) is 0 Å². The van der Waals surface area contributed by atoms with Gasteiger partial charge in [0.05, 0.1) is 17.6 Å². The molecule has 24 heavy (non-hydrogen) atoms. The van der Waals surface area contributed by atoms with Gasteiger partial charge >= 0.3 is 0 Å². The summed E-state index contributed by atoms with van der Waals surface area (Å²) in [4.78, 5) is 16.8. The number of nitrogens with zero attached hydrogens (tertiary/aromatic N) is 1. The second-order valence-electron chi connectivity index (χ2n) is 6.71. The van der Waals surface area contributed by atoms with Gasteiger partial charge in [0.1, 0.15) is 5.82 Å². The van der Waals surface area contributed by atoms with Crippen molar-refractivity contribution in [3.05, 3.63) is 28.7 Å². The number of aromatic amines is 1. The maximum absolute atomic E-state index is 15.0. The number of halogens is 1. The molecule has 1 atom stereocenters. The highest BCUT2D eigenvalue weighted by molar-refractivity contribution is 6.00. The Kier molecular flexibility index (Phi) is 4.49. The van der Waals surface area contributed by atoms with E-state index in [1.54, 1.807) is 0 Å². The molecule has 0 bridgehead atoms. The van der Waals surface area contributed by atoms with E-state index in [-0.39, 0.29) is 12.2 Å². The van der Waals surface area contributed by atoms with Crippen molar-refractivity contribution in [2.75, 3.05) is 25.0 Å². The molecule has 2 aromatic rings. The smallest absolute Gasteiger partial charge is 0.221 e. The largest absolute Gasteiger partial charge is 0.369 e. The first-order chi connectivity index (χ1) is 11.4. The van der Waals surface area contributed by atoms with Crippen LogP contribution < -0.4 is 16.0 Å². The van der Waals surface area contributed by atoms with E-state index in [1.165, 1.54) is 6.07 Å². The lowest BCUT2D eigenvalue weighted by atomic mass is 9.99. The second-order valence-corrected chi connectivity index (χ2v) is 6.71. The van der Waals surface area contributed by atoms with Crippen LogP contribution in [0, 0.1) is 19.7 Å². The van der Waals surface area contributed by atoms with Crippen molar-refractivity contribution in [3.63, 3.8) is 0 Å². The molecular weight excluding hydrogens is 307 g/mol. The maximum atomic E-state index is 15.0. The molecule has 0 radical (unpaired) electrons. The molecule has 1 fully saturated rings. The third-order valence-corrected chi connectivity index (χ3v) is 5.10. The van der Waals surface area contributed by atoms with Crippen LogP contribution in [0.2, 0.25) is 0 Å².